The van der Waals surface area contributed by atoms with Gasteiger partial charge in [0.05, 0.1) is 18.4 Å². The molecule has 0 aromatic carbocycles. The fraction of sp³-hybridized carbons (Fsp3) is 0.833. The maximum absolute atomic E-state index is 12.6. The van der Waals surface area contributed by atoms with E-state index in [1.165, 1.54) is 0 Å². The van der Waals surface area contributed by atoms with Crippen LogP contribution in [0.5, 0.6) is 0 Å². The topological polar surface area (TPSA) is 72.8 Å². The van der Waals surface area contributed by atoms with Gasteiger partial charge in [0.2, 0.25) is 0 Å². The van der Waals surface area contributed by atoms with Crippen molar-refractivity contribution in [2.45, 2.75) is 91.0 Å². The molecule has 0 aromatic heterocycles. The summed E-state index contributed by atoms with van der Waals surface area (Å²) in [7, 11) is 0. The van der Waals surface area contributed by atoms with Crippen LogP contribution in [0.4, 0.5) is 0 Å². The zero-order valence-corrected chi connectivity index (χ0v) is 18.4. The molecule has 3 rings (SSSR count). The van der Waals surface area contributed by atoms with Crippen molar-refractivity contribution in [3.63, 3.8) is 0 Å². The molecule has 0 amide bonds. The van der Waals surface area contributed by atoms with Crippen molar-refractivity contribution >= 4 is 11.9 Å². The first kappa shape index (κ1) is 22.3. The second kappa shape index (κ2) is 9.63. The number of ether oxygens (including phenoxy) is 2. The lowest BCUT2D eigenvalue weighted by atomic mass is 9.60. The first-order valence-electron chi connectivity index (χ1n) is 11.5. The number of cyclic esters (lactones) is 1. The molecule has 2 fully saturated rings. The van der Waals surface area contributed by atoms with Gasteiger partial charge in [-0.3, -0.25) is 9.59 Å². The molecule has 5 nitrogen and oxygen atoms in total. The molecule has 1 saturated carbocycles. The van der Waals surface area contributed by atoms with E-state index in [1.54, 1.807) is 0 Å². The minimum absolute atomic E-state index is 0.0397. The number of rotatable bonds is 6. The van der Waals surface area contributed by atoms with Gasteiger partial charge in [-0.1, -0.05) is 39.8 Å². The number of carbonyl (C=O) groups excluding carboxylic acids is 2. The molecule has 0 radical (unpaired) electrons. The summed E-state index contributed by atoms with van der Waals surface area (Å²) in [5.41, 5.74) is 0. The second-order valence-corrected chi connectivity index (χ2v) is 9.79. The Bertz CT molecular complexity index is 614. The molecule has 1 saturated heterocycles. The molecule has 5 heteroatoms. The minimum Gasteiger partial charge on any atom is -0.462 e. The van der Waals surface area contributed by atoms with E-state index in [-0.39, 0.29) is 36.5 Å². The summed E-state index contributed by atoms with van der Waals surface area (Å²) in [6.45, 7) is 8.46. The Hall–Kier alpha value is -1.36. The van der Waals surface area contributed by atoms with E-state index >= 15 is 0 Å². The van der Waals surface area contributed by atoms with Gasteiger partial charge in [0.15, 0.2) is 0 Å². The quantitative estimate of drug-likeness (QED) is 0.527. The molecule has 3 aliphatic rings. The van der Waals surface area contributed by atoms with E-state index in [4.69, 9.17) is 9.47 Å². The van der Waals surface area contributed by atoms with Gasteiger partial charge < -0.3 is 14.6 Å². The number of carbonyl (C=O) groups is 2. The van der Waals surface area contributed by atoms with Gasteiger partial charge in [-0.05, 0) is 55.8 Å². The molecule has 1 aliphatic heterocycles. The first-order valence-corrected chi connectivity index (χ1v) is 11.5. The molecule has 1 N–H and O–H groups in total. The van der Waals surface area contributed by atoms with E-state index < -0.39 is 6.10 Å². The Kier molecular flexibility index (Phi) is 7.42. The van der Waals surface area contributed by atoms with Crippen LogP contribution in [0.15, 0.2) is 12.2 Å². The summed E-state index contributed by atoms with van der Waals surface area (Å²) in [6, 6.07) is 0. The van der Waals surface area contributed by atoms with Crippen molar-refractivity contribution in [1.82, 2.24) is 0 Å². The lowest BCUT2D eigenvalue weighted by molar-refractivity contribution is -0.166. The van der Waals surface area contributed by atoms with Crippen LogP contribution in [0.25, 0.3) is 0 Å². The third kappa shape index (κ3) is 5.42. The molecule has 0 bridgehead atoms. The molecule has 9 atom stereocenters. The Morgan fingerprint density at radius 3 is 2.69 bits per heavy atom. The van der Waals surface area contributed by atoms with Crippen LogP contribution in [0.2, 0.25) is 0 Å². The summed E-state index contributed by atoms with van der Waals surface area (Å²) in [6.07, 6.45) is 9.01. The Morgan fingerprint density at radius 1 is 1.24 bits per heavy atom. The van der Waals surface area contributed by atoms with E-state index in [0.29, 0.717) is 36.0 Å². The maximum atomic E-state index is 12.6. The molecule has 0 aromatic rings. The number of aliphatic hydroxyl groups is 1. The molecular formula is C24H38O5. The van der Waals surface area contributed by atoms with Crippen molar-refractivity contribution in [3.05, 3.63) is 12.2 Å². The Morgan fingerprint density at radius 2 is 2.00 bits per heavy atom. The predicted octanol–water partition coefficient (Wildman–Crippen LogP) is 4.28. The maximum Gasteiger partial charge on any atom is 0.308 e. The van der Waals surface area contributed by atoms with E-state index in [9.17, 15) is 14.7 Å². The fourth-order valence-electron chi connectivity index (χ4n) is 5.59. The van der Waals surface area contributed by atoms with Crippen molar-refractivity contribution in [2.24, 2.45) is 35.5 Å². The lowest BCUT2D eigenvalue weighted by Crippen LogP contribution is -2.46. The van der Waals surface area contributed by atoms with Gasteiger partial charge in [-0.15, -0.1) is 0 Å². The standard InChI is InChI=1S/C24H38O5/c1-5-15(3)24(27)29-21-11-14(2)10-17-7-6-16(4)20(23(17)21)9-8-19-12-18(25)13-22(26)28-19/h6-7,14-21,23,25H,5,8-13H2,1-4H3/t14-,15+,16-,17+,18+,19+,20-,21-,23-/m0/s1. The SMILES string of the molecule is CC[C@@H](C)C(=O)O[C@H]1C[C@@H](C)C[C@H]2C=C[C@H](C)[C@H](CC[C@@H]3C[C@@H](O)CC(=O)O3)[C@H]21. The summed E-state index contributed by atoms with van der Waals surface area (Å²) in [5, 5.41) is 9.90. The van der Waals surface area contributed by atoms with Crippen LogP contribution in [0.1, 0.15) is 72.6 Å². The highest BCUT2D eigenvalue weighted by molar-refractivity contribution is 5.72. The van der Waals surface area contributed by atoms with Crippen LogP contribution >= 0.6 is 0 Å². The monoisotopic (exact) mass is 406 g/mol. The van der Waals surface area contributed by atoms with Crippen molar-refractivity contribution < 1.29 is 24.2 Å². The molecule has 2 aliphatic carbocycles. The molecular weight excluding hydrogens is 368 g/mol. The number of fused-ring (bicyclic) bond motifs is 1. The normalized spacial score (nSPS) is 40.7. The van der Waals surface area contributed by atoms with Crippen LogP contribution < -0.4 is 0 Å². The summed E-state index contributed by atoms with van der Waals surface area (Å²) in [5.74, 6) is 1.66. The van der Waals surface area contributed by atoms with Gasteiger partial charge in [-0.25, -0.2) is 0 Å². The van der Waals surface area contributed by atoms with Crippen molar-refractivity contribution in [3.8, 4) is 0 Å². The Labute approximate surface area is 175 Å². The van der Waals surface area contributed by atoms with Gasteiger partial charge in [0, 0.05) is 12.3 Å². The highest BCUT2D eigenvalue weighted by atomic mass is 16.5. The van der Waals surface area contributed by atoms with Gasteiger partial charge in [0.25, 0.3) is 0 Å². The molecule has 0 spiro atoms. The average Bonchev–Trinajstić information content (AvgIpc) is 2.65. The lowest BCUT2D eigenvalue weighted by Gasteiger charge is -2.47. The zero-order chi connectivity index (χ0) is 21.1. The van der Waals surface area contributed by atoms with Crippen LogP contribution in [0, 0.1) is 35.5 Å². The van der Waals surface area contributed by atoms with E-state index in [1.807, 2.05) is 13.8 Å². The van der Waals surface area contributed by atoms with Crippen LogP contribution in [0.3, 0.4) is 0 Å². The van der Waals surface area contributed by atoms with Gasteiger partial charge in [0.1, 0.15) is 12.2 Å². The van der Waals surface area contributed by atoms with Crippen LogP contribution in [-0.4, -0.2) is 35.4 Å². The smallest absolute Gasteiger partial charge is 0.308 e. The minimum atomic E-state index is -0.586. The number of hydrogen-bond donors (Lipinski definition) is 1. The highest BCUT2D eigenvalue weighted by Gasteiger charge is 2.45. The molecule has 164 valence electrons. The molecule has 1 heterocycles. The van der Waals surface area contributed by atoms with E-state index in [2.05, 4.69) is 26.0 Å². The third-order valence-electron chi connectivity index (χ3n) is 7.40. The largest absolute Gasteiger partial charge is 0.462 e. The van der Waals surface area contributed by atoms with E-state index in [0.717, 1.165) is 32.1 Å². The zero-order valence-electron chi connectivity index (χ0n) is 18.4. The van der Waals surface area contributed by atoms with Gasteiger partial charge in [-0.2, -0.15) is 0 Å². The first-order chi connectivity index (χ1) is 13.8. The highest BCUT2D eigenvalue weighted by Crippen LogP contribution is 2.48. The van der Waals surface area contributed by atoms with Crippen molar-refractivity contribution in [1.29, 1.82) is 0 Å². The predicted molar refractivity (Wildman–Crippen MR) is 111 cm³/mol. The Balaban J connectivity index is 1.71. The fourth-order valence-corrected chi connectivity index (χ4v) is 5.59. The molecule has 0 unspecified atom stereocenters. The summed E-state index contributed by atoms with van der Waals surface area (Å²) < 4.78 is 11.6. The number of aliphatic hydroxyl groups excluding tert-OH is 1. The third-order valence-corrected chi connectivity index (χ3v) is 7.40. The summed E-state index contributed by atoms with van der Waals surface area (Å²) in [4.78, 5) is 24.2. The van der Waals surface area contributed by atoms with Gasteiger partial charge >= 0.3 is 11.9 Å². The number of esters is 2. The second-order valence-electron chi connectivity index (χ2n) is 9.79. The summed E-state index contributed by atoms with van der Waals surface area (Å²) >= 11 is 0. The number of allylic oxidation sites excluding steroid dienone is 2. The molecule has 29 heavy (non-hydrogen) atoms. The van der Waals surface area contributed by atoms with Crippen LogP contribution in [-0.2, 0) is 19.1 Å². The van der Waals surface area contributed by atoms with Crippen molar-refractivity contribution in [2.75, 3.05) is 0 Å². The average molecular weight is 407 g/mol. The number of hydrogen-bond acceptors (Lipinski definition) is 5.